The summed E-state index contributed by atoms with van der Waals surface area (Å²) in [5.41, 5.74) is 3.28. The lowest BCUT2D eigenvalue weighted by Gasteiger charge is -2.18. The number of nitrogens with one attached hydrogen (secondary N) is 2. The van der Waals surface area contributed by atoms with Crippen LogP contribution in [0.4, 0.5) is 24.7 Å². The van der Waals surface area contributed by atoms with E-state index in [1.807, 2.05) is 12.1 Å². The highest BCUT2D eigenvalue weighted by atomic mass is 19.4. The zero-order valence-electron chi connectivity index (χ0n) is 20.4. The molecule has 202 valence electrons. The molecule has 4 rings (SSSR count). The molecule has 0 atom stereocenters. The first-order valence-electron chi connectivity index (χ1n) is 12.0. The zero-order valence-corrected chi connectivity index (χ0v) is 20.4. The lowest BCUT2D eigenvalue weighted by molar-refractivity contribution is -0.274. The number of ether oxygens (including phenoxy) is 2. The largest absolute Gasteiger partial charge is 0.573 e. The van der Waals surface area contributed by atoms with Gasteiger partial charge in [-0.2, -0.15) is 5.10 Å². The van der Waals surface area contributed by atoms with Crippen molar-refractivity contribution in [2.45, 2.75) is 51.0 Å². The third-order valence-electron chi connectivity index (χ3n) is 6.06. The Morgan fingerprint density at radius 2 is 1.89 bits per heavy atom. The number of hydrogen-bond acceptors (Lipinski definition) is 8. The van der Waals surface area contributed by atoms with Crippen molar-refractivity contribution in [2.24, 2.45) is 16.8 Å². The summed E-state index contributed by atoms with van der Waals surface area (Å²) >= 11 is 0. The number of nitrogens with two attached hydrogens (primary N) is 2. The molecule has 1 aliphatic carbocycles. The fraction of sp³-hybridized carbons (Fsp3) is 0.320. The van der Waals surface area contributed by atoms with Gasteiger partial charge in [-0.15, -0.1) is 13.2 Å². The molecule has 6 N–H and O–H groups in total. The van der Waals surface area contributed by atoms with Crippen LogP contribution in [0.15, 0.2) is 64.8 Å². The maximum atomic E-state index is 13.1. The van der Waals surface area contributed by atoms with Gasteiger partial charge in [0, 0.05) is 30.6 Å². The Bertz CT molecular complexity index is 1320. The van der Waals surface area contributed by atoms with E-state index in [2.05, 4.69) is 25.6 Å². The molecule has 10 nitrogen and oxygen atoms in total. The molecule has 0 bridgehead atoms. The van der Waals surface area contributed by atoms with Crippen molar-refractivity contribution in [3.63, 3.8) is 0 Å². The molecule has 0 spiro atoms. The number of halogens is 3. The molecule has 1 heterocycles. The van der Waals surface area contributed by atoms with E-state index in [1.54, 1.807) is 12.1 Å². The molecule has 0 amide bonds. The topological polar surface area (TPSA) is 142 Å². The molecule has 0 radical (unpaired) electrons. The van der Waals surface area contributed by atoms with Crippen molar-refractivity contribution in [1.29, 1.82) is 0 Å². The number of benzene rings is 2. The van der Waals surface area contributed by atoms with Crippen molar-refractivity contribution >= 4 is 17.3 Å². The SMILES string of the molecule is N/N=C(/CCc1ccc(-n2ccnc(Nc3ccc(OC4CCCC4)cc3OC(F)(F)F)c2=O)cc1)NN. The van der Waals surface area contributed by atoms with Crippen LogP contribution in [0.5, 0.6) is 11.5 Å². The summed E-state index contributed by atoms with van der Waals surface area (Å²) < 4.78 is 50.8. The molecule has 1 aliphatic rings. The summed E-state index contributed by atoms with van der Waals surface area (Å²) in [5.74, 6) is 10.6. The van der Waals surface area contributed by atoms with E-state index in [9.17, 15) is 18.0 Å². The molecule has 2 aromatic carbocycles. The zero-order chi connectivity index (χ0) is 27.1. The highest BCUT2D eigenvalue weighted by Gasteiger charge is 2.33. The highest BCUT2D eigenvalue weighted by molar-refractivity contribution is 5.81. The van der Waals surface area contributed by atoms with Gasteiger partial charge in [0.2, 0.25) is 0 Å². The molecule has 0 saturated heterocycles. The maximum Gasteiger partial charge on any atom is 0.573 e. The Morgan fingerprint density at radius 3 is 2.55 bits per heavy atom. The van der Waals surface area contributed by atoms with Gasteiger partial charge in [0.25, 0.3) is 5.56 Å². The van der Waals surface area contributed by atoms with E-state index in [-0.39, 0.29) is 23.4 Å². The lowest BCUT2D eigenvalue weighted by Crippen LogP contribution is -2.31. The van der Waals surface area contributed by atoms with Crippen LogP contribution in [0.3, 0.4) is 0 Å². The van der Waals surface area contributed by atoms with Crippen LogP contribution in [0.2, 0.25) is 0 Å². The quantitative estimate of drug-likeness (QED) is 0.141. The van der Waals surface area contributed by atoms with Crippen molar-refractivity contribution in [3.05, 3.63) is 70.8 Å². The number of rotatable bonds is 9. The number of hydrogen-bond donors (Lipinski definition) is 4. The van der Waals surface area contributed by atoms with Crippen LogP contribution < -0.4 is 37.5 Å². The third kappa shape index (κ3) is 6.94. The van der Waals surface area contributed by atoms with Crippen LogP contribution in [-0.4, -0.2) is 27.9 Å². The Labute approximate surface area is 216 Å². The first kappa shape index (κ1) is 26.8. The van der Waals surface area contributed by atoms with E-state index in [0.29, 0.717) is 24.4 Å². The van der Waals surface area contributed by atoms with E-state index >= 15 is 0 Å². The van der Waals surface area contributed by atoms with Gasteiger partial charge in [0.1, 0.15) is 11.6 Å². The summed E-state index contributed by atoms with van der Waals surface area (Å²) in [4.78, 5) is 17.2. The average molecular weight is 532 g/mol. The third-order valence-corrected chi connectivity index (χ3v) is 6.06. The predicted molar refractivity (Wildman–Crippen MR) is 136 cm³/mol. The maximum absolute atomic E-state index is 13.1. The number of aromatic nitrogens is 2. The van der Waals surface area contributed by atoms with Gasteiger partial charge in [-0.3, -0.25) is 9.36 Å². The van der Waals surface area contributed by atoms with E-state index in [4.69, 9.17) is 16.4 Å². The second kappa shape index (κ2) is 11.9. The first-order valence-corrected chi connectivity index (χ1v) is 12.0. The second-order valence-corrected chi connectivity index (χ2v) is 8.69. The standard InChI is InChI=1S/C25H28F3N7O3/c26-25(27,28)38-21-15-19(37-18-3-1-2-4-18)10-11-20(21)32-23-24(36)35(14-13-31-23)17-8-5-16(6-9-17)7-12-22(33-29)34-30/h5-6,8-11,13-15,18H,1-4,7,12,29-30H2,(H,31,32)(H,33,34). The summed E-state index contributed by atoms with van der Waals surface area (Å²) in [6.07, 6.45) is 2.68. The van der Waals surface area contributed by atoms with E-state index in [1.165, 1.54) is 29.1 Å². The van der Waals surface area contributed by atoms with E-state index in [0.717, 1.165) is 37.3 Å². The van der Waals surface area contributed by atoms with Crippen LogP contribution >= 0.6 is 0 Å². The Kier molecular flexibility index (Phi) is 8.36. The molecule has 1 aromatic heterocycles. The normalized spacial score (nSPS) is 14.4. The number of nitrogens with zero attached hydrogens (tertiary/aromatic N) is 3. The van der Waals surface area contributed by atoms with Crippen molar-refractivity contribution < 1.29 is 22.6 Å². The van der Waals surface area contributed by atoms with Gasteiger partial charge in [-0.25, -0.2) is 10.8 Å². The Balaban J connectivity index is 1.55. The highest BCUT2D eigenvalue weighted by Crippen LogP contribution is 2.36. The number of hydrazone groups is 1. The summed E-state index contributed by atoms with van der Waals surface area (Å²) in [6, 6.07) is 11.2. The fourth-order valence-corrected chi connectivity index (χ4v) is 4.18. The molecule has 1 saturated carbocycles. The molecule has 3 aromatic rings. The van der Waals surface area contributed by atoms with Gasteiger partial charge in [0.15, 0.2) is 11.6 Å². The second-order valence-electron chi connectivity index (χ2n) is 8.69. The van der Waals surface area contributed by atoms with Crippen LogP contribution in [0.1, 0.15) is 37.7 Å². The molecular weight excluding hydrogens is 503 g/mol. The van der Waals surface area contributed by atoms with Crippen LogP contribution in [-0.2, 0) is 6.42 Å². The molecule has 38 heavy (non-hydrogen) atoms. The molecule has 0 unspecified atom stereocenters. The monoisotopic (exact) mass is 531 g/mol. The van der Waals surface area contributed by atoms with Crippen LogP contribution in [0.25, 0.3) is 5.69 Å². The minimum absolute atomic E-state index is 0.0462. The number of alkyl halides is 3. The Morgan fingerprint density at radius 1 is 1.16 bits per heavy atom. The Hall–Kier alpha value is -4.26. The summed E-state index contributed by atoms with van der Waals surface area (Å²) in [5, 5.41) is 6.22. The summed E-state index contributed by atoms with van der Waals surface area (Å²) in [7, 11) is 0. The molecule has 13 heteroatoms. The van der Waals surface area contributed by atoms with Gasteiger partial charge in [0.05, 0.1) is 11.8 Å². The minimum atomic E-state index is -4.94. The van der Waals surface area contributed by atoms with Crippen LogP contribution in [0, 0.1) is 0 Å². The van der Waals surface area contributed by atoms with Crippen molar-refractivity contribution in [2.75, 3.05) is 5.32 Å². The first-order chi connectivity index (χ1) is 18.3. The van der Waals surface area contributed by atoms with Gasteiger partial charge < -0.3 is 26.1 Å². The molecule has 1 fully saturated rings. The minimum Gasteiger partial charge on any atom is -0.490 e. The smallest absolute Gasteiger partial charge is 0.490 e. The molecular formula is C25H28F3N7O3. The number of anilines is 2. The number of aryl methyl sites for hydroxylation is 1. The van der Waals surface area contributed by atoms with Gasteiger partial charge >= 0.3 is 6.36 Å². The van der Waals surface area contributed by atoms with Crippen molar-refractivity contribution in [3.8, 4) is 17.2 Å². The van der Waals surface area contributed by atoms with Crippen molar-refractivity contribution in [1.82, 2.24) is 15.0 Å². The summed E-state index contributed by atoms with van der Waals surface area (Å²) in [6.45, 7) is 0. The molecule has 0 aliphatic heterocycles. The number of amidine groups is 1. The van der Waals surface area contributed by atoms with Gasteiger partial charge in [-0.1, -0.05) is 12.1 Å². The average Bonchev–Trinajstić information content (AvgIpc) is 3.40. The number of hydrazine groups is 1. The fourth-order valence-electron chi connectivity index (χ4n) is 4.18. The van der Waals surface area contributed by atoms with Gasteiger partial charge in [-0.05, 0) is 61.9 Å². The van der Waals surface area contributed by atoms with E-state index < -0.39 is 17.7 Å². The predicted octanol–water partition coefficient (Wildman–Crippen LogP) is 3.86. The lowest BCUT2D eigenvalue weighted by atomic mass is 10.1.